The number of carbonyl (C=O) groups excluding carboxylic acids is 2. The van der Waals surface area contributed by atoms with E-state index in [4.69, 9.17) is 4.74 Å². The SMILES string of the molecule is CCOC(=O)CN(CC)C(=O)/C=C/c1ccc(C)s1. The van der Waals surface area contributed by atoms with E-state index in [1.807, 2.05) is 26.0 Å². The molecule has 0 bridgehead atoms. The predicted octanol–water partition coefficient (Wildman–Crippen LogP) is 2.48. The van der Waals surface area contributed by atoms with Crippen molar-refractivity contribution in [3.05, 3.63) is 28.0 Å². The molecule has 1 aromatic rings. The smallest absolute Gasteiger partial charge is 0.325 e. The van der Waals surface area contributed by atoms with Gasteiger partial charge in [0, 0.05) is 22.4 Å². The zero-order valence-electron chi connectivity index (χ0n) is 11.5. The molecule has 0 aliphatic carbocycles. The maximum absolute atomic E-state index is 11.9. The zero-order chi connectivity index (χ0) is 14.3. The monoisotopic (exact) mass is 281 g/mol. The Bertz CT molecular complexity index is 465. The Hall–Kier alpha value is -1.62. The molecule has 0 saturated heterocycles. The minimum Gasteiger partial charge on any atom is -0.465 e. The van der Waals surface area contributed by atoms with Crippen LogP contribution >= 0.6 is 11.3 Å². The molecule has 0 spiro atoms. The van der Waals surface area contributed by atoms with Crippen LogP contribution in [0.4, 0.5) is 0 Å². The van der Waals surface area contributed by atoms with Crippen LogP contribution in [0.1, 0.15) is 23.6 Å². The predicted molar refractivity (Wildman–Crippen MR) is 77.0 cm³/mol. The van der Waals surface area contributed by atoms with Crippen LogP contribution < -0.4 is 0 Å². The molecule has 1 heterocycles. The average Bonchev–Trinajstić information content (AvgIpc) is 2.79. The number of ether oxygens (including phenoxy) is 1. The van der Waals surface area contributed by atoms with Gasteiger partial charge in [-0.15, -0.1) is 11.3 Å². The van der Waals surface area contributed by atoms with Crippen LogP contribution in [0.2, 0.25) is 0 Å². The highest BCUT2D eigenvalue weighted by Gasteiger charge is 2.13. The normalized spacial score (nSPS) is 10.7. The van der Waals surface area contributed by atoms with E-state index >= 15 is 0 Å². The van der Waals surface area contributed by atoms with Crippen molar-refractivity contribution < 1.29 is 14.3 Å². The van der Waals surface area contributed by atoms with Crippen LogP contribution in [0.15, 0.2) is 18.2 Å². The van der Waals surface area contributed by atoms with Crippen molar-refractivity contribution in [2.24, 2.45) is 0 Å². The number of amides is 1. The van der Waals surface area contributed by atoms with Gasteiger partial charge in [0.1, 0.15) is 6.54 Å². The highest BCUT2D eigenvalue weighted by molar-refractivity contribution is 7.12. The molecular formula is C14H19NO3S. The molecule has 1 rings (SSSR count). The zero-order valence-corrected chi connectivity index (χ0v) is 12.3. The van der Waals surface area contributed by atoms with Crippen molar-refractivity contribution in [2.45, 2.75) is 20.8 Å². The van der Waals surface area contributed by atoms with E-state index in [9.17, 15) is 9.59 Å². The first kappa shape index (κ1) is 15.4. The maximum atomic E-state index is 11.9. The summed E-state index contributed by atoms with van der Waals surface area (Å²) >= 11 is 1.62. The quantitative estimate of drug-likeness (QED) is 0.594. The number of rotatable bonds is 6. The van der Waals surface area contributed by atoms with Gasteiger partial charge in [-0.2, -0.15) is 0 Å². The molecule has 104 valence electrons. The van der Waals surface area contributed by atoms with E-state index in [1.165, 1.54) is 15.9 Å². The molecule has 1 amide bonds. The van der Waals surface area contributed by atoms with Crippen LogP contribution in [0.3, 0.4) is 0 Å². The number of hydrogen-bond acceptors (Lipinski definition) is 4. The Morgan fingerprint density at radius 1 is 1.37 bits per heavy atom. The molecule has 0 aromatic carbocycles. The Morgan fingerprint density at radius 3 is 2.63 bits per heavy atom. The molecule has 19 heavy (non-hydrogen) atoms. The Morgan fingerprint density at radius 2 is 2.11 bits per heavy atom. The van der Waals surface area contributed by atoms with Gasteiger partial charge < -0.3 is 9.64 Å². The number of carbonyl (C=O) groups is 2. The summed E-state index contributed by atoms with van der Waals surface area (Å²) in [7, 11) is 0. The number of nitrogens with zero attached hydrogens (tertiary/aromatic N) is 1. The minimum atomic E-state index is -0.377. The first-order chi connectivity index (χ1) is 9.06. The number of likely N-dealkylation sites (N-methyl/N-ethyl adjacent to an activating group) is 1. The summed E-state index contributed by atoms with van der Waals surface area (Å²) in [6.07, 6.45) is 3.27. The van der Waals surface area contributed by atoms with E-state index < -0.39 is 0 Å². The van der Waals surface area contributed by atoms with E-state index in [0.29, 0.717) is 13.2 Å². The molecule has 0 aliphatic rings. The number of esters is 1. The molecule has 0 aliphatic heterocycles. The van der Waals surface area contributed by atoms with Crippen molar-refractivity contribution in [3.8, 4) is 0 Å². The molecule has 0 radical (unpaired) electrons. The summed E-state index contributed by atoms with van der Waals surface area (Å²) in [4.78, 5) is 27.0. The summed E-state index contributed by atoms with van der Waals surface area (Å²) in [5.74, 6) is -0.556. The lowest BCUT2D eigenvalue weighted by Gasteiger charge is -2.17. The lowest BCUT2D eigenvalue weighted by molar-refractivity contribution is -0.147. The average molecular weight is 281 g/mol. The number of aryl methyl sites for hydroxylation is 1. The highest BCUT2D eigenvalue weighted by Crippen LogP contribution is 2.16. The van der Waals surface area contributed by atoms with Crippen LogP contribution in [0.5, 0.6) is 0 Å². The second-order valence-corrected chi connectivity index (χ2v) is 5.26. The number of thiophene rings is 1. The van der Waals surface area contributed by atoms with E-state index in [0.717, 1.165) is 4.88 Å². The first-order valence-corrected chi connectivity index (χ1v) is 7.07. The first-order valence-electron chi connectivity index (χ1n) is 6.25. The molecule has 0 atom stereocenters. The third-order valence-electron chi connectivity index (χ3n) is 2.47. The molecular weight excluding hydrogens is 262 g/mol. The maximum Gasteiger partial charge on any atom is 0.325 e. The fourth-order valence-corrected chi connectivity index (χ4v) is 2.29. The third-order valence-corrected chi connectivity index (χ3v) is 3.44. The van der Waals surface area contributed by atoms with Gasteiger partial charge in [-0.05, 0) is 39.0 Å². The third kappa shape index (κ3) is 5.26. The van der Waals surface area contributed by atoms with Crippen molar-refractivity contribution >= 4 is 29.3 Å². The Kier molecular flexibility index (Phi) is 6.29. The Labute approximate surface area is 117 Å². The van der Waals surface area contributed by atoms with E-state index in [-0.39, 0.29) is 18.4 Å². The molecule has 1 aromatic heterocycles. The van der Waals surface area contributed by atoms with Crippen LogP contribution in [-0.2, 0) is 14.3 Å². The summed E-state index contributed by atoms with van der Waals surface area (Å²) in [5, 5.41) is 0. The summed E-state index contributed by atoms with van der Waals surface area (Å²) < 4.78 is 4.84. The largest absolute Gasteiger partial charge is 0.465 e. The van der Waals surface area contributed by atoms with Gasteiger partial charge in [-0.1, -0.05) is 0 Å². The van der Waals surface area contributed by atoms with Crippen LogP contribution in [-0.4, -0.2) is 36.5 Å². The van der Waals surface area contributed by atoms with Gasteiger partial charge in [-0.3, -0.25) is 9.59 Å². The Balaban J connectivity index is 2.58. The van der Waals surface area contributed by atoms with Gasteiger partial charge in [0.05, 0.1) is 6.61 Å². The van der Waals surface area contributed by atoms with Gasteiger partial charge >= 0.3 is 5.97 Å². The second-order valence-electron chi connectivity index (χ2n) is 3.94. The standard InChI is InChI=1S/C14H19NO3S/c1-4-15(10-14(17)18-5-2)13(16)9-8-12-7-6-11(3)19-12/h6-9H,4-5,10H2,1-3H3/b9-8+. The van der Waals surface area contributed by atoms with Crippen LogP contribution in [0, 0.1) is 6.92 Å². The number of hydrogen-bond donors (Lipinski definition) is 0. The fourth-order valence-electron chi connectivity index (χ4n) is 1.51. The second kappa shape index (κ2) is 7.74. The molecule has 0 saturated carbocycles. The van der Waals surface area contributed by atoms with Crippen molar-refractivity contribution in [3.63, 3.8) is 0 Å². The van der Waals surface area contributed by atoms with Crippen molar-refractivity contribution in [1.82, 2.24) is 4.90 Å². The molecule has 0 unspecified atom stereocenters. The summed E-state index contributed by atoms with van der Waals surface area (Å²) in [6.45, 7) is 6.40. The van der Waals surface area contributed by atoms with E-state index in [1.54, 1.807) is 24.3 Å². The van der Waals surface area contributed by atoms with Gasteiger partial charge in [0.2, 0.25) is 5.91 Å². The molecule has 0 fully saturated rings. The minimum absolute atomic E-state index is 0.00299. The lowest BCUT2D eigenvalue weighted by Crippen LogP contribution is -2.35. The van der Waals surface area contributed by atoms with Crippen LogP contribution in [0.25, 0.3) is 6.08 Å². The summed E-state index contributed by atoms with van der Waals surface area (Å²) in [5.41, 5.74) is 0. The molecule has 4 nitrogen and oxygen atoms in total. The van der Waals surface area contributed by atoms with Gasteiger partial charge in [0.15, 0.2) is 0 Å². The van der Waals surface area contributed by atoms with Gasteiger partial charge in [0.25, 0.3) is 0 Å². The molecule has 0 N–H and O–H groups in total. The topological polar surface area (TPSA) is 46.6 Å². The highest BCUT2D eigenvalue weighted by atomic mass is 32.1. The van der Waals surface area contributed by atoms with Crippen molar-refractivity contribution in [2.75, 3.05) is 19.7 Å². The van der Waals surface area contributed by atoms with Crippen molar-refractivity contribution in [1.29, 1.82) is 0 Å². The van der Waals surface area contributed by atoms with E-state index in [2.05, 4.69) is 0 Å². The van der Waals surface area contributed by atoms with Gasteiger partial charge in [-0.25, -0.2) is 0 Å². The lowest BCUT2D eigenvalue weighted by atomic mass is 10.3. The fraction of sp³-hybridized carbons (Fsp3) is 0.429. The summed E-state index contributed by atoms with van der Waals surface area (Å²) in [6, 6.07) is 3.97. The molecule has 5 heteroatoms.